The molecule has 0 unspecified atom stereocenters. The molecule has 2 nitrogen and oxygen atoms in total. The third kappa shape index (κ3) is 2.02. The number of nitrogens with zero attached hydrogens (tertiary/aromatic N) is 1. The Morgan fingerprint density at radius 3 is 2.54 bits per heavy atom. The maximum absolute atomic E-state index is 5.23. The summed E-state index contributed by atoms with van der Waals surface area (Å²) >= 11 is 0. The predicted octanol–water partition coefficient (Wildman–Crippen LogP) is 2.40. The van der Waals surface area contributed by atoms with Gasteiger partial charge in [-0.2, -0.15) is 0 Å². The summed E-state index contributed by atoms with van der Waals surface area (Å²) in [6.45, 7) is 3.72. The van der Waals surface area contributed by atoms with Gasteiger partial charge in [-0.25, -0.2) is 0 Å². The highest BCUT2D eigenvalue weighted by atomic mass is 16.5. The molecule has 0 radical (unpaired) electrons. The normalized spacial score (nSPS) is 9.46. The second-order valence-electron chi connectivity index (χ2n) is 3.02. The number of hydrogen-bond donors (Lipinski definition) is 0. The number of hydrogen-bond acceptors (Lipinski definition) is 2. The van der Waals surface area contributed by atoms with Gasteiger partial charge < -0.3 is 9.64 Å². The quantitative estimate of drug-likeness (QED) is 0.703. The van der Waals surface area contributed by atoms with E-state index in [-0.39, 0.29) is 0 Å². The van der Waals surface area contributed by atoms with Crippen molar-refractivity contribution in [1.82, 2.24) is 0 Å². The zero-order valence-electron chi connectivity index (χ0n) is 8.37. The molecule has 2 heteroatoms. The SMILES string of the molecule is C=Cc1ccc(N(C)C)cc1OC. The van der Waals surface area contributed by atoms with E-state index >= 15 is 0 Å². The zero-order valence-corrected chi connectivity index (χ0v) is 8.37. The second kappa shape index (κ2) is 3.99. The van der Waals surface area contributed by atoms with Gasteiger partial charge in [0.2, 0.25) is 0 Å². The molecule has 0 aliphatic carbocycles. The summed E-state index contributed by atoms with van der Waals surface area (Å²) in [6.07, 6.45) is 1.79. The number of anilines is 1. The predicted molar refractivity (Wildman–Crippen MR) is 57.4 cm³/mol. The fraction of sp³-hybridized carbons (Fsp3) is 0.273. The van der Waals surface area contributed by atoms with Crippen LogP contribution in [-0.2, 0) is 0 Å². The Balaban J connectivity index is 3.12. The van der Waals surface area contributed by atoms with Crippen molar-refractivity contribution in [2.75, 3.05) is 26.1 Å². The maximum atomic E-state index is 5.23. The van der Waals surface area contributed by atoms with Gasteiger partial charge in [0, 0.05) is 31.4 Å². The highest BCUT2D eigenvalue weighted by molar-refractivity contribution is 5.62. The Bertz CT molecular complexity index is 305. The summed E-state index contributed by atoms with van der Waals surface area (Å²) in [4.78, 5) is 2.04. The molecule has 0 spiro atoms. The lowest BCUT2D eigenvalue weighted by Gasteiger charge is -2.14. The molecule has 13 heavy (non-hydrogen) atoms. The van der Waals surface area contributed by atoms with Crippen LogP contribution in [0.1, 0.15) is 5.56 Å². The van der Waals surface area contributed by atoms with Gasteiger partial charge in [-0.3, -0.25) is 0 Å². The van der Waals surface area contributed by atoms with Crippen molar-refractivity contribution in [2.24, 2.45) is 0 Å². The summed E-state index contributed by atoms with van der Waals surface area (Å²) in [6, 6.07) is 6.04. The van der Waals surface area contributed by atoms with Gasteiger partial charge in [-0.15, -0.1) is 0 Å². The number of rotatable bonds is 3. The number of methoxy groups -OCH3 is 1. The molecule has 0 atom stereocenters. The molecule has 0 aliphatic rings. The molecule has 0 heterocycles. The molecule has 0 saturated carbocycles. The van der Waals surface area contributed by atoms with Gasteiger partial charge in [-0.1, -0.05) is 12.7 Å². The van der Waals surface area contributed by atoms with Crippen LogP contribution in [0.4, 0.5) is 5.69 Å². The van der Waals surface area contributed by atoms with Crippen molar-refractivity contribution in [3.05, 3.63) is 30.3 Å². The fourth-order valence-corrected chi connectivity index (χ4v) is 1.15. The van der Waals surface area contributed by atoms with Crippen LogP contribution in [0.3, 0.4) is 0 Å². The summed E-state index contributed by atoms with van der Waals surface area (Å²) in [5.41, 5.74) is 2.15. The lowest BCUT2D eigenvalue weighted by atomic mass is 10.1. The highest BCUT2D eigenvalue weighted by Gasteiger charge is 2.01. The summed E-state index contributed by atoms with van der Waals surface area (Å²) in [5.74, 6) is 0.862. The van der Waals surface area contributed by atoms with Crippen LogP contribution in [0.5, 0.6) is 5.75 Å². The van der Waals surface area contributed by atoms with Crippen LogP contribution in [0.2, 0.25) is 0 Å². The van der Waals surface area contributed by atoms with Crippen molar-refractivity contribution in [1.29, 1.82) is 0 Å². The Hall–Kier alpha value is -1.44. The molecular formula is C11H15NO. The largest absolute Gasteiger partial charge is 0.496 e. The van der Waals surface area contributed by atoms with Gasteiger partial charge >= 0.3 is 0 Å². The van der Waals surface area contributed by atoms with Crippen molar-refractivity contribution in [3.8, 4) is 5.75 Å². The molecule has 1 aromatic carbocycles. The zero-order chi connectivity index (χ0) is 9.84. The second-order valence-corrected chi connectivity index (χ2v) is 3.02. The monoisotopic (exact) mass is 177 g/mol. The summed E-state index contributed by atoms with van der Waals surface area (Å²) < 4.78 is 5.23. The fourth-order valence-electron chi connectivity index (χ4n) is 1.15. The smallest absolute Gasteiger partial charge is 0.128 e. The van der Waals surface area contributed by atoms with Crippen molar-refractivity contribution in [2.45, 2.75) is 0 Å². The van der Waals surface area contributed by atoms with Gasteiger partial charge in [0.25, 0.3) is 0 Å². The first-order valence-corrected chi connectivity index (χ1v) is 4.17. The Morgan fingerprint density at radius 2 is 2.08 bits per heavy atom. The van der Waals surface area contributed by atoms with Crippen LogP contribution >= 0.6 is 0 Å². The molecule has 1 aromatic rings. The molecule has 1 rings (SSSR count). The first kappa shape index (κ1) is 9.65. The first-order chi connectivity index (χ1) is 6.19. The first-order valence-electron chi connectivity index (χ1n) is 4.17. The molecule has 0 N–H and O–H groups in total. The van der Waals surface area contributed by atoms with Gasteiger partial charge in [0.1, 0.15) is 5.75 Å². The summed E-state index contributed by atoms with van der Waals surface area (Å²) in [7, 11) is 5.67. The van der Waals surface area contributed by atoms with Crippen molar-refractivity contribution in [3.63, 3.8) is 0 Å². The van der Waals surface area contributed by atoms with Crippen LogP contribution in [0, 0.1) is 0 Å². The molecule has 0 aromatic heterocycles. The van der Waals surface area contributed by atoms with Gasteiger partial charge in [-0.05, 0) is 12.1 Å². The van der Waals surface area contributed by atoms with Crippen LogP contribution in [0.15, 0.2) is 24.8 Å². The minimum atomic E-state index is 0.862. The van der Waals surface area contributed by atoms with E-state index < -0.39 is 0 Å². The topological polar surface area (TPSA) is 12.5 Å². The Labute approximate surface area is 79.4 Å². The average molecular weight is 177 g/mol. The lowest BCUT2D eigenvalue weighted by molar-refractivity contribution is 0.414. The number of ether oxygens (including phenoxy) is 1. The Kier molecular flexibility index (Phi) is 2.96. The van der Waals surface area contributed by atoms with Gasteiger partial charge in [0.05, 0.1) is 7.11 Å². The minimum absolute atomic E-state index is 0.862. The van der Waals surface area contributed by atoms with E-state index in [1.54, 1.807) is 13.2 Å². The van der Waals surface area contributed by atoms with Crippen LogP contribution < -0.4 is 9.64 Å². The van der Waals surface area contributed by atoms with E-state index in [0.717, 1.165) is 17.0 Å². The molecule has 0 amide bonds. The van der Waals surface area contributed by atoms with E-state index in [1.807, 2.05) is 37.2 Å². The minimum Gasteiger partial charge on any atom is -0.496 e. The molecular weight excluding hydrogens is 162 g/mol. The average Bonchev–Trinajstić information content (AvgIpc) is 2.16. The van der Waals surface area contributed by atoms with Crippen molar-refractivity contribution < 1.29 is 4.74 Å². The molecule has 0 saturated heterocycles. The third-order valence-electron chi connectivity index (χ3n) is 1.95. The molecule has 70 valence electrons. The van der Waals surface area contributed by atoms with E-state index in [9.17, 15) is 0 Å². The summed E-state index contributed by atoms with van der Waals surface area (Å²) in [5, 5.41) is 0. The van der Waals surface area contributed by atoms with E-state index in [0.29, 0.717) is 0 Å². The van der Waals surface area contributed by atoms with Gasteiger partial charge in [0.15, 0.2) is 0 Å². The van der Waals surface area contributed by atoms with Crippen LogP contribution in [0.25, 0.3) is 6.08 Å². The van der Waals surface area contributed by atoms with E-state index in [2.05, 4.69) is 6.58 Å². The standard InChI is InChI=1S/C11H15NO/c1-5-9-6-7-10(12(2)3)8-11(9)13-4/h5-8H,1H2,2-4H3. The van der Waals surface area contributed by atoms with E-state index in [1.165, 1.54) is 0 Å². The van der Waals surface area contributed by atoms with Crippen LogP contribution in [-0.4, -0.2) is 21.2 Å². The lowest BCUT2D eigenvalue weighted by Crippen LogP contribution is -2.08. The molecule has 0 aliphatic heterocycles. The highest BCUT2D eigenvalue weighted by Crippen LogP contribution is 2.25. The maximum Gasteiger partial charge on any atom is 0.128 e. The molecule has 0 fully saturated rings. The number of benzene rings is 1. The van der Waals surface area contributed by atoms with Crippen molar-refractivity contribution >= 4 is 11.8 Å². The third-order valence-corrected chi connectivity index (χ3v) is 1.95. The molecule has 0 bridgehead atoms. The Morgan fingerprint density at radius 1 is 1.38 bits per heavy atom. The van der Waals surface area contributed by atoms with E-state index in [4.69, 9.17) is 4.74 Å².